The largest absolute Gasteiger partial charge is 0.491 e. The molecular formula is C26H34N6O4. The molecule has 0 saturated heterocycles. The molecule has 4 N–H and O–H groups in total. The average molecular weight is 495 g/mol. The van der Waals surface area contributed by atoms with Gasteiger partial charge in [-0.2, -0.15) is 4.98 Å². The van der Waals surface area contributed by atoms with Crippen LogP contribution < -0.4 is 25.4 Å². The van der Waals surface area contributed by atoms with E-state index in [2.05, 4.69) is 25.9 Å². The predicted octanol–water partition coefficient (Wildman–Crippen LogP) is 3.41. The monoisotopic (exact) mass is 494 g/mol. The summed E-state index contributed by atoms with van der Waals surface area (Å²) in [7, 11) is 5.34. The van der Waals surface area contributed by atoms with Gasteiger partial charge in [0, 0.05) is 37.2 Å². The number of hydrogen-bond acceptors (Lipinski definition) is 9. The standard InChI is InChI=1S/C26H34N6O4/c1-17(2)36-22-8-6-7-19(13-22)29-24-23(25(34)27-3)14-28-26(31-24)30-18-9-11-21(12-10-18)35-16-20(33)15-32(4)5/h6-14,17,20,33H,15-16H2,1-5H3,(H,27,34)(H2,28,29,30,31). The van der Waals surface area contributed by atoms with E-state index in [4.69, 9.17) is 9.47 Å². The minimum Gasteiger partial charge on any atom is -0.491 e. The van der Waals surface area contributed by atoms with Crippen LogP contribution in [0, 0.1) is 0 Å². The highest BCUT2D eigenvalue weighted by atomic mass is 16.5. The number of aromatic nitrogens is 2. The number of benzene rings is 2. The molecule has 2 aromatic carbocycles. The number of carbonyl (C=O) groups is 1. The molecule has 0 aliphatic carbocycles. The van der Waals surface area contributed by atoms with Crippen LogP contribution in [0.25, 0.3) is 0 Å². The van der Waals surface area contributed by atoms with Gasteiger partial charge >= 0.3 is 0 Å². The first-order chi connectivity index (χ1) is 17.2. The first kappa shape index (κ1) is 26.7. The second-order valence-electron chi connectivity index (χ2n) is 8.73. The zero-order valence-electron chi connectivity index (χ0n) is 21.3. The van der Waals surface area contributed by atoms with Crippen molar-refractivity contribution in [2.45, 2.75) is 26.1 Å². The number of aliphatic hydroxyl groups excluding tert-OH is 1. The van der Waals surface area contributed by atoms with E-state index in [1.807, 2.05) is 69.2 Å². The lowest BCUT2D eigenvalue weighted by atomic mass is 10.2. The highest BCUT2D eigenvalue weighted by molar-refractivity contribution is 5.99. The van der Waals surface area contributed by atoms with Gasteiger partial charge in [0.15, 0.2) is 0 Å². The molecule has 3 rings (SSSR count). The molecule has 36 heavy (non-hydrogen) atoms. The summed E-state index contributed by atoms with van der Waals surface area (Å²) in [6.45, 7) is 4.64. The maximum absolute atomic E-state index is 12.4. The van der Waals surface area contributed by atoms with Gasteiger partial charge < -0.3 is 35.4 Å². The van der Waals surface area contributed by atoms with Crippen molar-refractivity contribution in [1.29, 1.82) is 0 Å². The number of nitrogens with zero attached hydrogens (tertiary/aromatic N) is 3. The van der Waals surface area contributed by atoms with Gasteiger partial charge in [-0.25, -0.2) is 4.98 Å². The fourth-order valence-electron chi connectivity index (χ4n) is 3.32. The third-order valence-electron chi connectivity index (χ3n) is 4.86. The Morgan fingerprint density at radius 1 is 1.06 bits per heavy atom. The van der Waals surface area contributed by atoms with Crippen LogP contribution >= 0.6 is 0 Å². The van der Waals surface area contributed by atoms with Crippen molar-refractivity contribution < 1.29 is 19.4 Å². The lowest BCUT2D eigenvalue weighted by Crippen LogP contribution is -2.30. The summed E-state index contributed by atoms with van der Waals surface area (Å²) in [6.07, 6.45) is 0.930. The molecule has 192 valence electrons. The van der Waals surface area contributed by atoms with E-state index in [0.717, 1.165) is 11.4 Å². The number of nitrogens with one attached hydrogen (secondary N) is 3. The smallest absolute Gasteiger partial charge is 0.256 e. The summed E-state index contributed by atoms with van der Waals surface area (Å²) >= 11 is 0. The predicted molar refractivity (Wildman–Crippen MR) is 141 cm³/mol. The Morgan fingerprint density at radius 2 is 1.81 bits per heavy atom. The second kappa shape index (κ2) is 12.7. The van der Waals surface area contributed by atoms with Gasteiger partial charge in [0.25, 0.3) is 5.91 Å². The Morgan fingerprint density at radius 3 is 2.47 bits per heavy atom. The number of aliphatic hydroxyl groups is 1. The van der Waals surface area contributed by atoms with E-state index in [-0.39, 0.29) is 18.6 Å². The number of rotatable bonds is 12. The first-order valence-corrected chi connectivity index (χ1v) is 11.7. The van der Waals surface area contributed by atoms with Gasteiger partial charge in [0.1, 0.15) is 35.6 Å². The van der Waals surface area contributed by atoms with Crippen LogP contribution in [0.1, 0.15) is 24.2 Å². The minimum atomic E-state index is -0.575. The molecule has 1 amide bonds. The molecule has 0 bridgehead atoms. The molecule has 10 nitrogen and oxygen atoms in total. The number of anilines is 4. The Labute approximate surface area is 211 Å². The zero-order chi connectivity index (χ0) is 26.1. The van der Waals surface area contributed by atoms with E-state index in [1.54, 1.807) is 19.2 Å². The lowest BCUT2D eigenvalue weighted by molar-refractivity contribution is 0.0831. The molecule has 10 heteroatoms. The summed E-state index contributed by atoms with van der Waals surface area (Å²) < 4.78 is 11.4. The number of amides is 1. The fraction of sp³-hybridized carbons (Fsp3) is 0.346. The van der Waals surface area contributed by atoms with Crippen molar-refractivity contribution in [3.05, 3.63) is 60.3 Å². The van der Waals surface area contributed by atoms with Gasteiger partial charge in [-0.15, -0.1) is 0 Å². The molecule has 0 radical (unpaired) electrons. The quantitative estimate of drug-likeness (QED) is 0.300. The van der Waals surface area contributed by atoms with Gasteiger partial charge in [0.2, 0.25) is 5.95 Å². The number of carbonyl (C=O) groups excluding carboxylic acids is 1. The second-order valence-corrected chi connectivity index (χ2v) is 8.73. The third-order valence-corrected chi connectivity index (χ3v) is 4.86. The van der Waals surface area contributed by atoms with Crippen molar-refractivity contribution in [1.82, 2.24) is 20.2 Å². The van der Waals surface area contributed by atoms with E-state index < -0.39 is 6.10 Å². The van der Waals surface area contributed by atoms with Crippen molar-refractivity contribution >= 4 is 29.0 Å². The number of hydrogen-bond donors (Lipinski definition) is 4. The summed E-state index contributed by atoms with van der Waals surface area (Å²) in [5.41, 5.74) is 1.77. The molecule has 3 aromatic rings. The van der Waals surface area contributed by atoms with E-state index >= 15 is 0 Å². The van der Waals surface area contributed by atoms with Crippen LogP contribution in [0.5, 0.6) is 11.5 Å². The number of ether oxygens (including phenoxy) is 2. The van der Waals surface area contributed by atoms with Crippen LogP contribution in [0.2, 0.25) is 0 Å². The maximum atomic E-state index is 12.4. The molecule has 1 atom stereocenters. The first-order valence-electron chi connectivity index (χ1n) is 11.7. The zero-order valence-corrected chi connectivity index (χ0v) is 21.3. The van der Waals surface area contributed by atoms with Crippen LogP contribution in [-0.2, 0) is 0 Å². The molecule has 1 aromatic heterocycles. The molecular weight excluding hydrogens is 460 g/mol. The Hall–Kier alpha value is -3.89. The van der Waals surface area contributed by atoms with E-state index in [9.17, 15) is 9.90 Å². The highest BCUT2D eigenvalue weighted by Crippen LogP contribution is 2.25. The summed E-state index contributed by atoms with van der Waals surface area (Å²) in [6, 6.07) is 14.7. The van der Waals surface area contributed by atoms with E-state index in [0.29, 0.717) is 35.4 Å². The summed E-state index contributed by atoms with van der Waals surface area (Å²) in [5, 5.41) is 18.9. The topological polar surface area (TPSA) is 121 Å². The van der Waals surface area contributed by atoms with Crippen LogP contribution in [0.4, 0.5) is 23.1 Å². The Balaban J connectivity index is 1.73. The number of likely N-dealkylation sites (N-methyl/N-ethyl adjacent to an activating group) is 1. The normalized spacial score (nSPS) is 11.8. The lowest BCUT2D eigenvalue weighted by Gasteiger charge is -2.16. The minimum absolute atomic E-state index is 0.0384. The Kier molecular flexibility index (Phi) is 9.43. The molecule has 0 fully saturated rings. The summed E-state index contributed by atoms with van der Waals surface area (Å²) in [5.74, 6) is 1.70. The third kappa shape index (κ3) is 8.10. The average Bonchev–Trinajstić information content (AvgIpc) is 2.83. The van der Waals surface area contributed by atoms with Crippen LogP contribution in [-0.4, -0.2) is 72.4 Å². The van der Waals surface area contributed by atoms with E-state index in [1.165, 1.54) is 6.20 Å². The van der Waals surface area contributed by atoms with Gasteiger partial charge in [-0.3, -0.25) is 4.79 Å². The van der Waals surface area contributed by atoms with Gasteiger partial charge in [0.05, 0.1) is 6.10 Å². The SMILES string of the molecule is CNC(=O)c1cnc(Nc2ccc(OCC(O)CN(C)C)cc2)nc1Nc1cccc(OC(C)C)c1. The molecule has 0 aliphatic rings. The highest BCUT2D eigenvalue weighted by Gasteiger charge is 2.15. The summed E-state index contributed by atoms with van der Waals surface area (Å²) in [4.78, 5) is 23.1. The van der Waals surface area contributed by atoms with Crippen LogP contribution in [0.3, 0.4) is 0 Å². The molecule has 0 aliphatic heterocycles. The molecule has 0 spiro atoms. The van der Waals surface area contributed by atoms with Gasteiger partial charge in [-0.05, 0) is 64.3 Å². The van der Waals surface area contributed by atoms with Crippen LogP contribution in [0.15, 0.2) is 54.7 Å². The molecule has 0 saturated carbocycles. The van der Waals surface area contributed by atoms with Gasteiger partial charge in [-0.1, -0.05) is 6.07 Å². The van der Waals surface area contributed by atoms with Crippen molar-refractivity contribution in [2.75, 3.05) is 44.9 Å². The molecule has 1 unspecified atom stereocenters. The maximum Gasteiger partial charge on any atom is 0.256 e. The molecule has 1 heterocycles. The Bertz CT molecular complexity index is 1140. The van der Waals surface area contributed by atoms with Crippen molar-refractivity contribution in [3.8, 4) is 11.5 Å². The fourth-order valence-corrected chi connectivity index (χ4v) is 3.32. The van der Waals surface area contributed by atoms with Crippen molar-refractivity contribution in [2.24, 2.45) is 0 Å². The van der Waals surface area contributed by atoms with Crippen molar-refractivity contribution in [3.63, 3.8) is 0 Å².